The molecule has 0 radical (unpaired) electrons. The Balaban J connectivity index is 2.78. The molecule has 0 fully saturated rings. The number of benzene rings is 1. The lowest BCUT2D eigenvalue weighted by Crippen LogP contribution is -1.91. The molecule has 0 aliphatic carbocycles. The molecule has 1 aromatic carbocycles. The van der Waals surface area contributed by atoms with Gasteiger partial charge in [0.25, 0.3) is 0 Å². The van der Waals surface area contributed by atoms with E-state index in [1.54, 1.807) is 0 Å². The molecule has 0 spiro atoms. The maximum Gasteiger partial charge on any atom is 0.0258 e. The quantitative estimate of drug-likeness (QED) is 0.614. The first-order valence-electron chi connectivity index (χ1n) is 6.02. The summed E-state index contributed by atoms with van der Waals surface area (Å²) in [7, 11) is 0. The fourth-order valence-electron chi connectivity index (χ4n) is 1.70. The summed E-state index contributed by atoms with van der Waals surface area (Å²) in [6.07, 6.45) is 4.34. The zero-order valence-corrected chi connectivity index (χ0v) is 11.2. The average molecular weight is 237 g/mol. The van der Waals surface area contributed by atoms with Crippen LogP contribution in [0.4, 0.5) is 0 Å². The van der Waals surface area contributed by atoms with Crippen molar-refractivity contribution in [2.75, 3.05) is 5.88 Å². The Morgan fingerprint density at radius 3 is 2.44 bits per heavy atom. The van der Waals surface area contributed by atoms with Gasteiger partial charge < -0.3 is 0 Å². The topological polar surface area (TPSA) is 0 Å². The van der Waals surface area contributed by atoms with Gasteiger partial charge in [-0.05, 0) is 42.4 Å². The number of allylic oxidation sites excluding steroid dienone is 2. The second-order valence-corrected chi connectivity index (χ2v) is 4.67. The summed E-state index contributed by atoms with van der Waals surface area (Å²) in [4.78, 5) is 0. The van der Waals surface area contributed by atoms with Crippen LogP contribution in [0.25, 0.3) is 5.57 Å². The van der Waals surface area contributed by atoms with Crippen LogP contribution in [-0.4, -0.2) is 5.88 Å². The third kappa shape index (κ3) is 3.68. The van der Waals surface area contributed by atoms with Gasteiger partial charge in [0.15, 0.2) is 0 Å². The van der Waals surface area contributed by atoms with Crippen molar-refractivity contribution in [2.24, 2.45) is 0 Å². The predicted octanol–water partition coefficient (Wildman–Crippen LogP) is 5.23. The Hall–Kier alpha value is -0.750. The van der Waals surface area contributed by atoms with Crippen LogP contribution in [0, 0.1) is 0 Å². The lowest BCUT2D eigenvalue weighted by Gasteiger charge is -2.10. The molecule has 1 unspecified atom stereocenters. The van der Waals surface area contributed by atoms with Gasteiger partial charge in [0.1, 0.15) is 0 Å². The van der Waals surface area contributed by atoms with E-state index in [9.17, 15) is 0 Å². The molecule has 1 aromatic rings. The van der Waals surface area contributed by atoms with Crippen molar-refractivity contribution in [1.82, 2.24) is 0 Å². The van der Waals surface area contributed by atoms with E-state index < -0.39 is 0 Å². The molecule has 16 heavy (non-hydrogen) atoms. The maximum absolute atomic E-state index is 5.67. The average Bonchev–Trinajstić information content (AvgIpc) is 2.35. The fraction of sp³-hybridized carbons (Fsp3) is 0.467. The Labute approximate surface area is 104 Å². The van der Waals surface area contributed by atoms with E-state index in [1.807, 2.05) is 0 Å². The summed E-state index contributed by atoms with van der Waals surface area (Å²) in [6, 6.07) is 8.90. The number of hydrogen-bond donors (Lipinski definition) is 0. The van der Waals surface area contributed by atoms with Crippen molar-refractivity contribution in [2.45, 2.75) is 39.5 Å². The van der Waals surface area contributed by atoms with E-state index in [4.69, 9.17) is 11.6 Å². The third-order valence-corrected chi connectivity index (χ3v) is 3.33. The second kappa shape index (κ2) is 6.75. The standard InChI is InChI=1S/C15H21Cl/c1-4-12(2)14-7-9-15(10-8-14)13(3)6-5-11-16/h6-10,12H,4-5,11H2,1-3H3/b13-6+. The highest BCUT2D eigenvalue weighted by molar-refractivity contribution is 6.17. The highest BCUT2D eigenvalue weighted by atomic mass is 35.5. The van der Waals surface area contributed by atoms with Gasteiger partial charge in [0.05, 0.1) is 0 Å². The first-order valence-corrected chi connectivity index (χ1v) is 6.55. The Bertz CT molecular complexity index is 335. The van der Waals surface area contributed by atoms with Crippen molar-refractivity contribution in [3.8, 4) is 0 Å². The molecule has 1 rings (SSSR count). The molecular weight excluding hydrogens is 216 g/mol. The minimum atomic E-state index is 0.654. The minimum absolute atomic E-state index is 0.654. The maximum atomic E-state index is 5.67. The molecule has 0 heterocycles. The van der Waals surface area contributed by atoms with Gasteiger partial charge in [-0.1, -0.05) is 44.2 Å². The molecule has 0 saturated carbocycles. The van der Waals surface area contributed by atoms with Crippen LogP contribution in [0.5, 0.6) is 0 Å². The van der Waals surface area contributed by atoms with E-state index in [-0.39, 0.29) is 0 Å². The molecule has 0 saturated heterocycles. The van der Waals surface area contributed by atoms with Gasteiger partial charge in [-0.2, -0.15) is 0 Å². The molecular formula is C15H21Cl. The minimum Gasteiger partial charge on any atom is -0.126 e. The van der Waals surface area contributed by atoms with E-state index in [1.165, 1.54) is 23.1 Å². The number of alkyl halides is 1. The van der Waals surface area contributed by atoms with Crippen molar-refractivity contribution in [3.05, 3.63) is 41.5 Å². The van der Waals surface area contributed by atoms with Gasteiger partial charge in [0.2, 0.25) is 0 Å². The van der Waals surface area contributed by atoms with Gasteiger partial charge in [-0.25, -0.2) is 0 Å². The Morgan fingerprint density at radius 1 is 1.31 bits per heavy atom. The van der Waals surface area contributed by atoms with Crippen molar-refractivity contribution < 1.29 is 0 Å². The van der Waals surface area contributed by atoms with Crippen LogP contribution in [0.2, 0.25) is 0 Å². The van der Waals surface area contributed by atoms with Gasteiger partial charge >= 0.3 is 0 Å². The molecule has 0 bridgehead atoms. The molecule has 88 valence electrons. The zero-order chi connectivity index (χ0) is 12.0. The van der Waals surface area contributed by atoms with Crippen LogP contribution in [-0.2, 0) is 0 Å². The lowest BCUT2D eigenvalue weighted by molar-refractivity contribution is 0.733. The van der Waals surface area contributed by atoms with E-state index in [2.05, 4.69) is 51.1 Å². The molecule has 1 heteroatoms. The molecule has 0 aliphatic rings. The smallest absolute Gasteiger partial charge is 0.0258 e. The highest BCUT2D eigenvalue weighted by Gasteiger charge is 2.02. The molecule has 0 aromatic heterocycles. The Kier molecular flexibility index (Phi) is 5.62. The number of rotatable bonds is 5. The van der Waals surface area contributed by atoms with Crippen molar-refractivity contribution in [1.29, 1.82) is 0 Å². The molecule has 1 atom stereocenters. The van der Waals surface area contributed by atoms with Gasteiger partial charge in [-0.15, -0.1) is 11.6 Å². The number of hydrogen-bond acceptors (Lipinski definition) is 0. The number of halogens is 1. The second-order valence-electron chi connectivity index (χ2n) is 4.30. The van der Waals surface area contributed by atoms with Crippen LogP contribution >= 0.6 is 11.6 Å². The van der Waals surface area contributed by atoms with Crippen LogP contribution < -0.4 is 0 Å². The third-order valence-electron chi connectivity index (χ3n) is 3.11. The summed E-state index contributed by atoms with van der Waals surface area (Å²) < 4.78 is 0. The van der Waals surface area contributed by atoms with E-state index in [0.717, 1.165) is 6.42 Å². The summed E-state index contributed by atoms with van der Waals surface area (Å²) in [5.74, 6) is 1.35. The lowest BCUT2D eigenvalue weighted by atomic mass is 9.96. The van der Waals surface area contributed by atoms with Crippen molar-refractivity contribution >= 4 is 17.2 Å². The first-order chi connectivity index (χ1) is 7.69. The van der Waals surface area contributed by atoms with E-state index >= 15 is 0 Å². The van der Waals surface area contributed by atoms with Crippen LogP contribution in [0.1, 0.15) is 50.7 Å². The first kappa shape index (κ1) is 13.3. The fourth-order valence-corrected chi connectivity index (χ4v) is 1.81. The molecule has 0 amide bonds. The monoisotopic (exact) mass is 236 g/mol. The summed E-state index contributed by atoms with van der Waals surface area (Å²) >= 11 is 5.67. The van der Waals surface area contributed by atoms with Gasteiger partial charge in [-0.3, -0.25) is 0 Å². The van der Waals surface area contributed by atoms with E-state index in [0.29, 0.717) is 11.8 Å². The van der Waals surface area contributed by atoms with Gasteiger partial charge in [0, 0.05) is 5.88 Å². The van der Waals surface area contributed by atoms with Crippen LogP contribution in [0.15, 0.2) is 30.3 Å². The molecule has 0 N–H and O–H groups in total. The summed E-state index contributed by atoms with van der Waals surface area (Å²) in [6.45, 7) is 6.64. The van der Waals surface area contributed by atoms with Crippen molar-refractivity contribution in [3.63, 3.8) is 0 Å². The Morgan fingerprint density at radius 2 is 1.94 bits per heavy atom. The predicted molar refractivity (Wildman–Crippen MR) is 74.1 cm³/mol. The summed E-state index contributed by atoms with van der Waals surface area (Å²) in [5.41, 5.74) is 4.05. The van der Waals surface area contributed by atoms with Crippen LogP contribution in [0.3, 0.4) is 0 Å². The molecule has 0 aliphatic heterocycles. The normalized spacial score (nSPS) is 13.9. The summed E-state index contributed by atoms with van der Waals surface area (Å²) in [5, 5.41) is 0. The zero-order valence-electron chi connectivity index (χ0n) is 10.5. The largest absolute Gasteiger partial charge is 0.126 e. The SMILES string of the molecule is CCC(C)c1ccc(/C(C)=C/CCCl)cc1. The highest BCUT2D eigenvalue weighted by Crippen LogP contribution is 2.21. The molecule has 0 nitrogen and oxygen atoms in total.